The Balaban J connectivity index is 2.13. The molecule has 20 heavy (non-hydrogen) atoms. The molecule has 106 valence electrons. The van der Waals surface area contributed by atoms with Crippen molar-refractivity contribution in [3.8, 4) is 11.5 Å². The van der Waals surface area contributed by atoms with E-state index in [1.807, 2.05) is 18.2 Å². The van der Waals surface area contributed by atoms with E-state index in [4.69, 9.17) is 10.5 Å². The zero-order valence-corrected chi connectivity index (χ0v) is 13.9. The van der Waals surface area contributed by atoms with E-state index in [1.54, 1.807) is 18.2 Å². The van der Waals surface area contributed by atoms with Crippen molar-refractivity contribution in [3.63, 3.8) is 0 Å². The van der Waals surface area contributed by atoms with Crippen molar-refractivity contribution >= 4 is 31.9 Å². The minimum atomic E-state index is 0.238. The molecule has 0 fully saturated rings. The van der Waals surface area contributed by atoms with Crippen LogP contribution in [0.15, 0.2) is 45.3 Å². The summed E-state index contributed by atoms with van der Waals surface area (Å²) in [6.07, 6.45) is 0.823. The summed E-state index contributed by atoms with van der Waals surface area (Å²) in [5.74, 6) is 0.983. The zero-order valence-electron chi connectivity index (χ0n) is 10.8. The lowest BCUT2D eigenvalue weighted by molar-refractivity contribution is 0.301. The number of phenols is 1. The summed E-state index contributed by atoms with van der Waals surface area (Å²) in [7, 11) is 0. The van der Waals surface area contributed by atoms with E-state index in [2.05, 4.69) is 31.9 Å². The molecule has 2 rings (SSSR count). The number of benzene rings is 2. The van der Waals surface area contributed by atoms with E-state index in [1.165, 1.54) is 0 Å². The summed E-state index contributed by atoms with van der Waals surface area (Å²) < 4.78 is 7.58. The Bertz CT molecular complexity index is 579. The summed E-state index contributed by atoms with van der Waals surface area (Å²) in [5.41, 5.74) is 7.62. The van der Waals surface area contributed by atoms with Crippen LogP contribution in [-0.2, 0) is 13.0 Å². The van der Waals surface area contributed by atoms with Crippen molar-refractivity contribution in [3.05, 3.63) is 56.5 Å². The van der Waals surface area contributed by atoms with E-state index in [9.17, 15) is 5.11 Å². The van der Waals surface area contributed by atoms with E-state index in [0.717, 1.165) is 32.2 Å². The Labute approximate surface area is 135 Å². The van der Waals surface area contributed by atoms with Gasteiger partial charge in [0.15, 0.2) is 0 Å². The molecule has 0 heterocycles. The van der Waals surface area contributed by atoms with E-state index >= 15 is 0 Å². The molecule has 0 aromatic heterocycles. The molecule has 0 aliphatic rings. The van der Waals surface area contributed by atoms with Gasteiger partial charge in [-0.05, 0) is 80.2 Å². The lowest BCUT2D eigenvalue weighted by atomic mass is 10.1. The number of nitrogens with two attached hydrogens (primary N) is 1. The van der Waals surface area contributed by atoms with Crippen LogP contribution in [0.5, 0.6) is 11.5 Å². The second-order valence-electron chi connectivity index (χ2n) is 4.39. The topological polar surface area (TPSA) is 55.5 Å². The van der Waals surface area contributed by atoms with Gasteiger partial charge >= 0.3 is 0 Å². The molecule has 2 aromatic carbocycles. The number of halogens is 2. The van der Waals surface area contributed by atoms with Crippen molar-refractivity contribution < 1.29 is 9.84 Å². The van der Waals surface area contributed by atoms with Gasteiger partial charge in [0, 0.05) is 0 Å². The number of aromatic hydroxyl groups is 1. The fourth-order valence-corrected chi connectivity index (χ4v) is 3.37. The molecule has 0 saturated carbocycles. The lowest BCUT2D eigenvalue weighted by Crippen LogP contribution is -2.03. The molecule has 0 spiro atoms. The molecule has 0 amide bonds. The van der Waals surface area contributed by atoms with Crippen molar-refractivity contribution in [2.45, 2.75) is 13.0 Å². The molecule has 0 atom stereocenters. The van der Waals surface area contributed by atoms with Crippen LogP contribution in [0, 0.1) is 0 Å². The number of hydrogen-bond acceptors (Lipinski definition) is 3. The van der Waals surface area contributed by atoms with Crippen molar-refractivity contribution in [1.29, 1.82) is 0 Å². The molecule has 3 nitrogen and oxygen atoms in total. The highest BCUT2D eigenvalue weighted by Gasteiger charge is 2.09. The first-order valence-corrected chi connectivity index (χ1v) is 7.77. The Hall–Kier alpha value is -1.04. The summed E-state index contributed by atoms with van der Waals surface area (Å²) in [6, 6.07) is 11.0. The smallest absolute Gasteiger partial charge is 0.148 e. The van der Waals surface area contributed by atoms with Gasteiger partial charge in [0.25, 0.3) is 0 Å². The van der Waals surface area contributed by atoms with Crippen LogP contribution in [0.25, 0.3) is 0 Å². The Morgan fingerprint density at radius 1 is 1.05 bits per heavy atom. The normalized spacial score (nSPS) is 10.6. The minimum Gasteiger partial charge on any atom is -0.508 e. The fraction of sp³-hybridized carbons (Fsp3) is 0.200. The van der Waals surface area contributed by atoms with Crippen LogP contribution >= 0.6 is 31.9 Å². The lowest BCUT2D eigenvalue weighted by Gasteiger charge is -2.12. The number of rotatable bonds is 5. The molecule has 3 N–H and O–H groups in total. The van der Waals surface area contributed by atoms with Crippen LogP contribution in [0.4, 0.5) is 0 Å². The SMILES string of the molecule is NCCc1cc(Br)c(OCc2cccc(O)c2)c(Br)c1. The average Bonchev–Trinajstić information content (AvgIpc) is 2.38. The maximum Gasteiger partial charge on any atom is 0.148 e. The minimum absolute atomic E-state index is 0.238. The molecule has 0 radical (unpaired) electrons. The largest absolute Gasteiger partial charge is 0.508 e. The second-order valence-corrected chi connectivity index (χ2v) is 6.09. The van der Waals surface area contributed by atoms with E-state index in [-0.39, 0.29) is 5.75 Å². The van der Waals surface area contributed by atoms with Gasteiger partial charge in [0.2, 0.25) is 0 Å². The summed E-state index contributed by atoms with van der Waals surface area (Å²) in [6.45, 7) is 1.00. The van der Waals surface area contributed by atoms with Gasteiger partial charge in [-0.25, -0.2) is 0 Å². The van der Waals surface area contributed by atoms with Gasteiger partial charge in [-0.1, -0.05) is 12.1 Å². The molecular formula is C15H15Br2NO2. The zero-order chi connectivity index (χ0) is 14.5. The summed E-state index contributed by atoms with van der Waals surface area (Å²) >= 11 is 7.02. The number of phenolic OH excluding ortho intramolecular Hbond substituents is 1. The fourth-order valence-electron chi connectivity index (χ4n) is 1.86. The molecule has 0 unspecified atom stereocenters. The van der Waals surface area contributed by atoms with Crippen molar-refractivity contribution in [2.75, 3.05) is 6.54 Å². The summed E-state index contributed by atoms with van der Waals surface area (Å²) in [4.78, 5) is 0. The highest BCUT2D eigenvalue weighted by Crippen LogP contribution is 2.35. The van der Waals surface area contributed by atoms with E-state index < -0.39 is 0 Å². The van der Waals surface area contributed by atoms with Crippen LogP contribution in [0.3, 0.4) is 0 Å². The maximum atomic E-state index is 9.43. The van der Waals surface area contributed by atoms with Crippen LogP contribution in [-0.4, -0.2) is 11.7 Å². The standard InChI is InChI=1S/C15H15Br2NO2/c16-13-7-10(4-5-18)8-14(17)15(13)20-9-11-2-1-3-12(19)6-11/h1-3,6-8,19H,4-5,9,18H2. The van der Waals surface area contributed by atoms with Crippen molar-refractivity contribution in [1.82, 2.24) is 0 Å². The first kappa shape index (κ1) is 15.4. The van der Waals surface area contributed by atoms with E-state index in [0.29, 0.717) is 13.2 Å². The summed E-state index contributed by atoms with van der Waals surface area (Å²) in [5, 5.41) is 9.43. The monoisotopic (exact) mass is 399 g/mol. The molecule has 2 aromatic rings. The predicted molar refractivity (Wildman–Crippen MR) is 87.0 cm³/mol. The third-order valence-electron chi connectivity index (χ3n) is 2.78. The molecule has 0 aliphatic carbocycles. The van der Waals surface area contributed by atoms with Gasteiger partial charge in [0.05, 0.1) is 8.95 Å². The first-order chi connectivity index (χ1) is 9.60. The molecule has 0 saturated heterocycles. The molecule has 0 aliphatic heterocycles. The molecule has 0 bridgehead atoms. The van der Waals surface area contributed by atoms with Gasteiger partial charge in [-0.3, -0.25) is 0 Å². The third kappa shape index (κ3) is 3.98. The van der Waals surface area contributed by atoms with Gasteiger partial charge in [-0.2, -0.15) is 0 Å². The Kier molecular flexibility index (Phi) is 5.46. The number of hydrogen-bond donors (Lipinski definition) is 2. The van der Waals surface area contributed by atoms with Crippen LogP contribution in [0.1, 0.15) is 11.1 Å². The van der Waals surface area contributed by atoms with Crippen molar-refractivity contribution in [2.24, 2.45) is 5.73 Å². The first-order valence-electron chi connectivity index (χ1n) is 6.19. The van der Waals surface area contributed by atoms with Crippen LogP contribution < -0.4 is 10.5 Å². The number of ether oxygens (including phenoxy) is 1. The average molecular weight is 401 g/mol. The Morgan fingerprint density at radius 3 is 2.35 bits per heavy atom. The maximum absolute atomic E-state index is 9.43. The van der Waals surface area contributed by atoms with Gasteiger partial charge in [0.1, 0.15) is 18.1 Å². The highest BCUT2D eigenvalue weighted by atomic mass is 79.9. The van der Waals surface area contributed by atoms with Gasteiger partial charge < -0.3 is 15.6 Å². The van der Waals surface area contributed by atoms with Gasteiger partial charge in [-0.15, -0.1) is 0 Å². The Morgan fingerprint density at radius 2 is 1.75 bits per heavy atom. The van der Waals surface area contributed by atoms with Crippen LogP contribution in [0.2, 0.25) is 0 Å². The highest BCUT2D eigenvalue weighted by molar-refractivity contribution is 9.11. The quantitative estimate of drug-likeness (QED) is 0.797. The molecular weight excluding hydrogens is 386 g/mol. The third-order valence-corrected chi connectivity index (χ3v) is 3.96. The predicted octanol–water partition coefficient (Wildman–Crippen LogP) is 4.00. The molecule has 5 heteroatoms. The second kappa shape index (κ2) is 7.11.